The van der Waals surface area contributed by atoms with E-state index in [1.54, 1.807) is 4.90 Å². The number of rotatable bonds is 12. The zero-order valence-corrected chi connectivity index (χ0v) is 25.6. The minimum atomic E-state index is -0.918. The highest BCUT2D eigenvalue weighted by atomic mass is 16.2. The van der Waals surface area contributed by atoms with Gasteiger partial charge in [0.15, 0.2) is 0 Å². The van der Waals surface area contributed by atoms with Gasteiger partial charge in [-0.25, -0.2) is 0 Å². The molecule has 9 nitrogen and oxygen atoms in total. The summed E-state index contributed by atoms with van der Waals surface area (Å²) in [5.74, 6) is -1.47. The fourth-order valence-electron chi connectivity index (χ4n) is 7.32. The first-order valence-electron chi connectivity index (χ1n) is 15.6. The van der Waals surface area contributed by atoms with Crippen LogP contribution in [0.2, 0.25) is 0 Å². The molecular formula is C33H46N4O5. The number of Topliss-reactive ketones (excluding diaryl/α,β-unsaturated/α-hetero) is 1. The molecule has 0 radical (unpaired) electrons. The minimum absolute atomic E-state index is 0.0452. The molecule has 3 aliphatic carbocycles. The summed E-state index contributed by atoms with van der Waals surface area (Å²) in [7, 11) is 1.40. The number of nitrogens with one attached hydrogen (secondary N) is 3. The molecule has 0 aromatic heterocycles. The van der Waals surface area contributed by atoms with E-state index in [9.17, 15) is 24.0 Å². The van der Waals surface area contributed by atoms with E-state index in [0.717, 1.165) is 19.3 Å². The van der Waals surface area contributed by atoms with Crippen LogP contribution in [-0.4, -0.2) is 66.0 Å². The third-order valence-electron chi connectivity index (χ3n) is 10.2. The fourth-order valence-corrected chi connectivity index (χ4v) is 7.32. The molecule has 2 saturated carbocycles. The second-order valence-corrected chi connectivity index (χ2v) is 14.0. The summed E-state index contributed by atoms with van der Waals surface area (Å²) < 4.78 is 0. The number of benzene rings is 1. The monoisotopic (exact) mass is 578 g/mol. The standard InChI is InChI=1S/C33H46N4O5/c1-18(2)10-13-25(38)36-27(22-15-20-8-6-7-9-21(20)16-22)32(42)37-17-23-26(33(23,3)4)28(37)30(40)35-24(14-19-11-12-19)29(39)31(41)34-5/h6-9,18-19,22-24,26-28H,10-17H2,1-5H3,(H,34,41)(H,35,40)(H,36,38)/t23-,24?,26-,27-,28-/m0/s1. The number of likely N-dealkylation sites (N-methyl/N-ethyl adjacent to an activating group) is 1. The maximum Gasteiger partial charge on any atom is 0.289 e. The summed E-state index contributed by atoms with van der Waals surface area (Å²) in [6.45, 7) is 8.79. The van der Waals surface area contributed by atoms with Crippen molar-refractivity contribution in [2.75, 3.05) is 13.6 Å². The molecule has 3 fully saturated rings. The molecule has 0 bridgehead atoms. The van der Waals surface area contributed by atoms with E-state index < -0.39 is 29.8 Å². The van der Waals surface area contributed by atoms with Crippen molar-refractivity contribution in [3.05, 3.63) is 35.4 Å². The van der Waals surface area contributed by atoms with Crippen molar-refractivity contribution in [1.29, 1.82) is 0 Å². The van der Waals surface area contributed by atoms with E-state index in [1.165, 1.54) is 18.2 Å². The SMILES string of the molecule is CNC(=O)C(=O)C(CC1CC1)NC(=O)[C@@H]1[C@@H]2[C@H](CN1C(=O)[C@@H](NC(=O)CCC(C)C)C1Cc3ccccc3C1)C2(C)C. The number of likely N-dealkylation sites (tertiary alicyclic amines) is 1. The molecule has 1 aromatic rings. The summed E-state index contributed by atoms with van der Waals surface area (Å²) in [5.41, 5.74) is 2.26. The van der Waals surface area contributed by atoms with Crippen LogP contribution < -0.4 is 16.0 Å². The Labute approximate surface area is 248 Å². The molecule has 42 heavy (non-hydrogen) atoms. The molecule has 4 amide bonds. The Balaban J connectivity index is 1.38. The maximum absolute atomic E-state index is 14.4. The van der Waals surface area contributed by atoms with Gasteiger partial charge in [-0.3, -0.25) is 24.0 Å². The van der Waals surface area contributed by atoms with Crippen molar-refractivity contribution < 1.29 is 24.0 Å². The van der Waals surface area contributed by atoms with Crippen LogP contribution in [0, 0.1) is 35.0 Å². The van der Waals surface area contributed by atoms with Crippen LogP contribution in [0.5, 0.6) is 0 Å². The molecule has 3 N–H and O–H groups in total. The second-order valence-electron chi connectivity index (χ2n) is 14.0. The quantitative estimate of drug-likeness (QED) is 0.329. The van der Waals surface area contributed by atoms with Crippen molar-refractivity contribution in [2.24, 2.45) is 35.0 Å². The Kier molecular flexibility index (Phi) is 8.50. The van der Waals surface area contributed by atoms with Crippen molar-refractivity contribution in [3.63, 3.8) is 0 Å². The summed E-state index contributed by atoms with van der Waals surface area (Å²) in [6, 6.07) is 5.72. The molecule has 5 atom stereocenters. The first-order chi connectivity index (χ1) is 19.9. The van der Waals surface area contributed by atoms with Crippen LogP contribution in [0.25, 0.3) is 0 Å². The molecule has 228 valence electrons. The fraction of sp³-hybridized carbons (Fsp3) is 0.667. The van der Waals surface area contributed by atoms with Gasteiger partial charge in [0.25, 0.3) is 5.91 Å². The highest BCUT2D eigenvalue weighted by molar-refractivity contribution is 6.38. The lowest BCUT2D eigenvalue weighted by Gasteiger charge is -2.35. The predicted molar refractivity (Wildman–Crippen MR) is 158 cm³/mol. The molecule has 5 rings (SSSR count). The van der Waals surface area contributed by atoms with E-state index in [2.05, 4.69) is 55.8 Å². The molecule has 4 aliphatic rings. The van der Waals surface area contributed by atoms with Crippen LogP contribution in [0.1, 0.15) is 70.9 Å². The average Bonchev–Trinajstić information content (AvgIpc) is 3.71. The van der Waals surface area contributed by atoms with Crippen LogP contribution in [0.3, 0.4) is 0 Å². The third kappa shape index (κ3) is 6.11. The van der Waals surface area contributed by atoms with Crippen LogP contribution in [0.15, 0.2) is 24.3 Å². The summed E-state index contributed by atoms with van der Waals surface area (Å²) in [6.07, 6.45) is 4.81. The number of hydrogen-bond acceptors (Lipinski definition) is 5. The van der Waals surface area contributed by atoms with E-state index in [0.29, 0.717) is 44.1 Å². The van der Waals surface area contributed by atoms with Gasteiger partial charge in [-0.2, -0.15) is 0 Å². The van der Waals surface area contributed by atoms with Crippen LogP contribution >= 0.6 is 0 Å². The number of fused-ring (bicyclic) bond motifs is 2. The van der Waals surface area contributed by atoms with Crippen molar-refractivity contribution in [3.8, 4) is 0 Å². The van der Waals surface area contributed by atoms with Gasteiger partial charge in [0, 0.05) is 20.0 Å². The lowest BCUT2D eigenvalue weighted by molar-refractivity contribution is -0.145. The van der Waals surface area contributed by atoms with Gasteiger partial charge in [-0.1, -0.05) is 64.8 Å². The number of piperidine rings is 1. The number of nitrogens with zero attached hydrogens (tertiary/aromatic N) is 1. The van der Waals surface area contributed by atoms with Gasteiger partial charge in [0.05, 0.1) is 6.04 Å². The molecule has 1 saturated heterocycles. The number of ketones is 1. The number of carbonyl (C=O) groups is 5. The molecule has 1 heterocycles. The van der Waals surface area contributed by atoms with Gasteiger partial charge >= 0.3 is 0 Å². The lowest BCUT2D eigenvalue weighted by atomic mass is 9.92. The van der Waals surface area contributed by atoms with Gasteiger partial charge in [0.1, 0.15) is 12.1 Å². The normalized spacial score (nSPS) is 25.3. The molecular weight excluding hydrogens is 532 g/mol. The molecule has 1 unspecified atom stereocenters. The topological polar surface area (TPSA) is 125 Å². The number of carbonyl (C=O) groups excluding carboxylic acids is 5. The van der Waals surface area contributed by atoms with Crippen molar-refractivity contribution in [1.82, 2.24) is 20.9 Å². The number of hydrogen-bond donors (Lipinski definition) is 3. The predicted octanol–water partition coefficient (Wildman–Crippen LogP) is 2.41. The van der Waals surface area contributed by atoms with Gasteiger partial charge in [-0.15, -0.1) is 0 Å². The van der Waals surface area contributed by atoms with Crippen molar-refractivity contribution in [2.45, 2.75) is 90.8 Å². The van der Waals surface area contributed by atoms with Gasteiger partial charge in [0.2, 0.25) is 23.5 Å². The average molecular weight is 579 g/mol. The largest absolute Gasteiger partial charge is 0.353 e. The Bertz CT molecular complexity index is 1230. The highest BCUT2D eigenvalue weighted by Crippen LogP contribution is 2.65. The Morgan fingerprint density at radius 1 is 1.00 bits per heavy atom. The van der Waals surface area contributed by atoms with E-state index >= 15 is 0 Å². The summed E-state index contributed by atoms with van der Waals surface area (Å²) >= 11 is 0. The molecule has 1 aromatic carbocycles. The first kappa shape index (κ1) is 30.2. The Hall–Kier alpha value is -3.23. The van der Waals surface area contributed by atoms with E-state index in [-0.39, 0.29) is 40.9 Å². The van der Waals surface area contributed by atoms with E-state index in [1.807, 2.05) is 12.1 Å². The highest BCUT2D eigenvalue weighted by Gasteiger charge is 2.69. The zero-order chi connectivity index (χ0) is 30.3. The number of amides is 4. The Morgan fingerprint density at radius 3 is 2.21 bits per heavy atom. The minimum Gasteiger partial charge on any atom is -0.353 e. The molecule has 0 spiro atoms. The third-order valence-corrected chi connectivity index (χ3v) is 10.2. The Morgan fingerprint density at radius 2 is 1.64 bits per heavy atom. The second kappa shape index (κ2) is 11.8. The van der Waals surface area contributed by atoms with E-state index in [4.69, 9.17) is 0 Å². The van der Waals surface area contributed by atoms with Crippen LogP contribution in [-0.2, 0) is 36.8 Å². The first-order valence-corrected chi connectivity index (χ1v) is 15.6. The zero-order valence-electron chi connectivity index (χ0n) is 25.6. The van der Waals surface area contributed by atoms with Gasteiger partial charge in [-0.05, 0) is 71.8 Å². The lowest BCUT2D eigenvalue weighted by Crippen LogP contribution is -2.59. The smallest absolute Gasteiger partial charge is 0.289 e. The van der Waals surface area contributed by atoms with Gasteiger partial charge < -0.3 is 20.9 Å². The van der Waals surface area contributed by atoms with Crippen molar-refractivity contribution >= 4 is 29.4 Å². The maximum atomic E-state index is 14.4. The summed E-state index contributed by atoms with van der Waals surface area (Å²) in [4.78, 5) is 68.2. The van der Waals surface area contributed by atoms with Crippen LogP contribution in [0.4, 0.5) is 0 Å². The summed E-state index contributed by atoms with van der Waals surface area (Å²) in [5, 5.41) is 8.36. The molecule has 1 aliphatic heterocycles. The molecule has 9 heteroatoms.